The zero-order chi connectivity index (χ0) is 25.4. The lowest BCUT2D eigenvalue weighted by atomic mass is 9.88. The van der Waals surface area contributed by atoms with Crippen LogP contribution in [0.3, 0.4) is 0 Å². The zero-order valence-electron chi connectivity index (χ0n) is 20.5. The van der Waals surface area contributed by atoms with Crippen molar-refractivity contribution in [3.63, 3.8) is 0 Å². The summed E-state index contributed by atoms with van der Waals surface area (Å²) in [6.07, 6.45) is -4.37. The summed E-state index contributed by atoms with van der Waals surface area (Å²) >= 11 is 0. The Kier molecular flexibility index (Phi) is 6.66. The van der Waals surface area contributed by atoms with E-state index < -0.39 is 11.7 Å². The Morgan fingerprint density at radius 2 is 1.60 bits per heavy atom. The number of carbonyl (C=O) groups excluding carboxylic acids is 1. The summed E-state index contributed by atoms with van der Waals surface area (Å²) in [6, 6.07) is 14.8. The topological polar surface area (TPSA) is 48.5 Å². The molecular weight excluding hydrogens is 453 g/mol. The molecule has 0 aliphatic carbocycles. The fourth-order valence-electron chi connectivity index (χ4n) is 4.07. The molecule has 1 aromatic heterocycles. The number of alkyl halides is 3. The summed E-state index contributed by atoms with van der Waals surface area (Å²) in [5.74, 6) is 0.552. The second-order valence-corrected chi connectivity index (χ2v) is 10.1. The van der Waals surface area contributed by atoms with Crippen LogP contribution in [0.5, 0.6) is 0 Å². The molecule has 35 heavy (non-hydrogen) atoms. The van der Waals surface area contributed by atoms with Gasteiger partial charge in [0.1, 0.15) is 5.82 Å². The number of fused-ring (bicyclic) bond motifs is 1. The largest absolute Gasteiger partial charge is 0.416 e. The lowest BCUT2D eigenvalue weighted by molar-refractivity contribution is -0.137. The van der Waals surface area contributed by atoms with Crippen molar-refractivity contribution in [1.82, 2.24) is 10.3 Å². The molecule has 1 amide bonds. The lowest BCUT2D eigenvalue weighted by Gasteiger charge is -2.37. The first-order chi connectivity index (χ1) is 16.4. The number of aromatic nitrogens is 1. The van der Waals surface area contributed by atoms with Crippen molar-refractivity contribution < 1.29 is 18.0 Å². The molecule has 0 unspecified atom stereocenters. The molecule has 2 aromatic carbocycles. The highest BCUT2D eigenvalue weighted by Crippen LogP contribution is 2.32. The molecule has 1 saturated heterocycles. The highest BCUT2D eigenvalue weighted by atomic mass is 19.4. The van der Waals surface area contributed by atoms with Crippen molar-refractivity contribution in [2.75, 3.05) is 36.0 Å². The molecule has 0 bridgehead atoms. The summed E-state index contributed by atoms with van der Waals surface area (Å²) in [7, 11) is 0. The summed E-state index contributed by atoms with van der Waals surface area (Å²) in [5.41, 5.74) is 1.14. The van der Waals surface area contributed by atoms with Crippen LogP contribution in [0, 0.1) is 5.41 Å². The van der Waals surface area contributed by atoms with Gasteiger partial charge in [-0.05, 0) is 42.7 Å². The van der Waals surface area contributed by atoms with Crippen molar-refractivity contribution in [1.29, 1.82) is 0 Å². The molecule has 5 nitrogen and oxygen atoms in total. The molecule has 186 valence electrons. The van der Waals surface area contributed by atoms with Gasteiger partial charge in [-0.15, -0.1) is 0 Å². The lowest BCUT2D eigenvalue weighted by Crippen LogP contribution is -2.47. The van der Waals surface area contributed by atoms with Gasteiger partial charge in [-0.1, -0.05) is 45.0 Å². The van der Waals surface area contributed by atoms with Crippen LogP contribution in [0.4, 0.5) is 24.7 Å². The van der Waals surface area contributed by atoms with Gasteiger partial charge < -0.3 is 15.1 Å². The Balaban J connectivity index is 1.56. The van der Waals surface area contributed by atoms with Gasteiger partial charge >= 0.3 is 6.18 Å². The smallest absolute Gasteiger partial charge is 0.368 e. The maximum Gasteiger partial charge on any atom is 0.416 e. The standard InChI is InChI=1S/C27H31F3N4O/c1-18(26(2,3)4)31-25(35)22-17-24(32-23-11-6-5-10-21(22)23)34-14-12-33(13-15-34)20-9-7-8-19(16-20)27(28,29)30/h5-11,16-18H,12-15H2,1-4H3,(H,31,35)/t18-/m0/s1. The van der Waals surface area contributed by atoms with Gasteiger partial charge in [-0.3, -0.25) is 4.79 Å². The van der Waals surface area contributed by atoms with Crippen molar-refractivity contribution in [3.05, 3.63) is 65.7 Å². The minimum Gasteiger partial charge on any atom is -0.368 e. The van der Waals surface area contributed by atoms with E-state index >= 15 is 0 Å². The molecule has 0 saturated carbocycles. The van der Waals surface area contributed by atoms with E-state index in [1.165, 1.54) is 12.1 Å². The number of piperazine rings is 1. The van der Waals surface area contributed by atoms with Gasteiger partial charge in [0.25, 0.3) is 5.91 Å². The van der Waals surface area contributed by atoms with Crippen LogP contribution in [0.2, 0.25) is 0 Å². The fraction of sp³-hybridized carbons (Fsp3) is 0.407. The molecule has 2 heterocycles. The molecular formula is C27H31F3N4O. The second kappa shape index (κ2) is 9.40. The Labute approximate surface area is 203 Å². The van der Waals surface area contributed by atoms with Crippen LogP contribution in [-0.2, 0) is 6.18 Å². The van der Waals surface area contributed by atoms with E-state index in [0.717, 1.165) is 17.0 Å². The van der Waals surface area contributed by atoms with E-state index in [4.69, 9.17) is 4.98 Å². The quantitative estimate of drug-likeness (QED) is 0.513. The Morgan fingerprint density at radius 3 is 2.26 bits per heavy atom. The maximum absolute atomic E-state index is 13.2. The van der Waals surface area contributed by atoms with Crippen LogP contribution in [0.25, 0.3) is 10.9 Å². The summed E-state index contributed by atoms with van der Waals surface area (Å²) < 4.78 is 39.4. The van der Waals surface area contributed by atoms with Gasteiger partial charge in [0, 0.05) is 43.3 Å². The molecule has 1 N–H and O–H groups in total. The van der Waals surface area contributed by atoms with E-state index in [1.54, 1.807) is 6.07 Å². The number of benzene rings is 2. The van der Waals surface area contributed by atoms with Crippen LogP contribution < -0.4 is 15.1 Å². The van der Waals surface area contributed by atoms with Crippen LogP contribution in [0.1, 0.15) is 43.6 Å². The third kappa shape index (κ3) is 5.52. The van der Waals surface area contributed by atoms with Gasteiger partial charge in [0.2, 0.25) is 0 Å². The average molecular weight is 485 g/mol. The third-order valence-electron chi connectivity index (χ3n) is 6.74. The molecule has 1 fully saturated rings. The van der Waals surface area contributed by atoms with E-state index in [0.29, 0.717) is 43.2 Å². The molecule has 0 spiro atoms. The van der Waals surface area contributed by atoms with Gasteiger partial charge in [-0.25, -0.2) is 4.98 Å². The number of nitrogens with zero attached hydrogens (tertiary/aromatic N) is 3. The summed E-state index contributed by atoms with van der Waals surface area (Å²) in [4.78, 5) is 22.1. The first-order valence-corrected chi connectivity index (χ1v) is 11.8. The maximum atomic E-state index is 13.2. The first kappa shape index (κ1) is 24.8. The molecule has 4 rings (SSSR count). The van der Waals surface area contributed by atoms with Crippen molar-refractivity contribution in [2.45, 2.75) is 39.9 Å². The number of para-hydroxylation sites is 1. The first-order valence-electron chi connectivity index (χ1n) is 11.8. The van der Waals surface area contributed by atoms with E-state index in [2.05, 4.69) is 31.0 Å². The van der Waals surface area contributed by atoms with E-state index in [9.17, 15) is 18.0 Å². The number of hydrogen-bond donors (Lipinski definition) is 1. The molecule has 0 radical (unpaired) electrons. The number of amides is 1. The molecule has 1 aliphatic rings. The molecule has 3 aromatic rings. The van der Waals surface area contributed by atoms with Crippen LogP contribution in [0.15, 0.2) is 54.6 Å². The van der Waals surface area contributed by atoms with Crippen molar-refractivity contribution in [3.8, 4) is 0 Å². The second-order valence-electron chi connectivity index (χ2n) is 10.1. The van der Waals surface area contributed by atoms with Gasteiger partial charge in [0.05, 0.1) is 16.6 Å². The minimum absolute atomic E-state index is 0.0265. The number of carbonyl (C=O) groups is 1. The SMILES string of the molecule is C[C@H](NC(=O)c1cc(N2CCN(c3cccc(C(F)(F)F)c3)CC2)nc2ccccc12)C(C)(C)C. The summed E-state index contributed by atoms with van der Waals surface area (Å²) in [5, 5.41) is 3.91. The van der Waals surface area contributed by atoms with Crippen molar-refractivity contribution in [2.24, 2.45) is 5.41 Å². The van der Waals surface area contributed by atoms with Crippen molar-refractivity contribution >= 4 is 28.3 Å². The number of rotatable bonds is 4. The number of nitrogens with one attached hydrogen (secondary N) is 1. The Bertz CT molecular complexity index is 1210. The normalized spacial score (nSPS) is 15.9. The number of pyridine rings is 1. The van der Waals surface area contributed by atoms with Gasteiger partial charge in [0.15, 0.2) is 0 Å². The molecule has 8 heteroatoms. The average Bonchev–Trinajstić information content (AvgIpc) is 2.82. The van der Waals surface area contributed by atoms with Gasteiger partial charge in [-0.2, -0.15) is 13.2 Å². The molecule has 1 aliphatic heterocycles. The predicted octanol–water partition coefficient (Wildman–Crippen LogP) is 5.74. The highest BCUT2D eigenvalue weighted by Gasteiger charge is 2.31. The van der Waals surface area contributed by atoms with E-state index in [1.807, 2.05) is 42.2 Å². The minimum atomic E-state index is -4.37. The third-order valence-corrected chi connectivity index (χ3v) is 6.74. The fourth-order valence-corrected chi connectivity index (χ4v) is 4.07. The number of halogens is 3. The predicted molar refractivity (Wildman–Crippen MR) is 134 cm³/mol. The monoisotopic (exact) mass is 484 g/mol. The summed E-state index contributed by atoms with van der Waals surface area (Å²) in [6.45, 7) is 10.5. The van der Waals surface area contributed by atoms with E-state index in [-0.39, 0.29) is 17.4 Å². The highest BCUT2D eigenvalue weighted by molar-refractivity contribution is 6.07. The molecule has 1 atom stereocenters. The Morgan fingerprint density at radius 1 is 0.943 bits per heavy atom. The number of anilines is 2. The van der Waals surface area contributed by atoms with Crippen LogP contribution in [-0.4, -0.2) is 43.1 Å². The zero-order valence-corrected chi connectivity index (χ0v) is 20.5. The van der Waals surface area contributed by atoms with Crippen LogP contribution >= 0.6 is 0 Å². The Hall–Kier alpha value is -3.29. The number of hydrogen-bond acceptors (Lipinski definition) is 4.